The first kappa shape index (κ1) is 17.5. The molecular weight excluding hydrogens is 363 g/mol. The number of halogens is 1. The smallest absolute Gasteiger partial charge is 0.307 e. The normalized spacial score (nSPS) is 10.8. The van der Waals surface area contributed by atoms with Crippen LogP contribution < -0.4 is 4.87 Å². The Labute approximate surface area is 151 Å². The average Bonchev–Trinajstić information content (AvgIpc) is 3.19. The summed E-state index contributed by atoms with van der Waals surface area (Å²) in [6.07, 6.45) is 0.131. The molecule has 0 saturated heterocycles. The van der Waals surface area contributed by atoms with Crippen LogP contribution in [0.5, 0.6) is 0 Å². The molecule has 0 aliphatic rings. The third-order valence-electron chi connectivity index (χ3n) is 3.54. The van der Waals surface area contributed by atoms with E-state index >= 15 is 0 Å². The molecule has 2 heterocycles. The van der Waals surface area contributed by atoms with Gasteiger partial charge in [0.1, 0.15) is 17.4 Å². The fourth-order valence-electron chi connectivity index (χ4n) is 2.20. The Bertz CT molecular complexity index is 928. The predicted molar refractivity (Wildman–Crippen MR) is 95.2 cm³/mol. The molecule has 0 aliphatic carbocycles. The van der Waals surface area contributed by atoms with Gasteiger partial charge in [-0.15, -0.1) is 11.3 Å². The van der Waals surface area contributed by atoms with Crippen LogP contribution in [-0.2, 0) is 22.7 Å². The Kier molecular flexibility index (Phi) is 5.40. The lowest BCUT2D eigenvalue weighted by atomic mass is 10.2. The SMILES string of the molecule is Cc1csc(=O)n1CCC(=O)OCc1csc(-c2ccc(F)cc2)n1. The van der Waals surface area contributed by atoms with Gasteiger partial charge in [0.15, 0.2) is 0 Å². The number of aromatic nitrogens is 2. The summed E-state index contributed by atoms with van der Waals surface area (Å²) < 4.78 is 19.7. The van der Waals surface area contributed by atoms with Gasteiger partial charge in [-0.2, -0.15) is 0 Å². The standard InChI is InChI=1S/C17H15FN2O3S2/c1-11-9-25-17(22)20(11)7-6-15(21)23-8-14-10-24-16(19-14)12-2-4-13(18)5-3-12/h2-5,9-10H,6-8H2,1H3. The van der Waals surface area contributed by atoms with Crippen LogP contribution in [0, 0.1) is 12.7 Å². The number of ether oxygens (including phenoxy) is 1. The van der Waals surface area contributed by atoms with Gasteiger partial charge in [0.25, 0.3) is 0 Å². The van der Waals surface area contributed by atoms with E-state index in [1.54, 1.807) is 27.5 Å². The number of benzene rings is 1. The fraction of sp³-hybridized carbons (Fsp3) is 0.235. The largest absolute Gasteiger partial charge is 0.459 e. The van der Waals surface area contributed by atoms with Crippen LogP contribution in [0.3, 0.4) is 0 Å². The van der Waals surface area contributed by atoms with Crippen molar-refractivity contribution in [3.8, 4) is 10.6 Å². The Morgan fingerprint density at radius 2 is 2.00 bits per heavy atom. The Hall–Kier alpha value is -2.32. The van der Waals surface area contributed by atoms with E-state index in [4.69, 9.17) is 4.74 Å². The van der Waals surface area contributed by atoms with Gasteiger partial charge >= 0.3 is 10.8 Å². The van der Waals surface area contributed by atoms with Gasteiger partial charge in [0, 0.05) is 28.6 Å². The summed E-state index contributed by atoms with van der Waals surface area (Å²) in [4.78, 5) is 27.7. The second-order valence-electron chi connectivity index (χ2n) is 5.36. The highest BCUT2D eigenvalue weighted by Gasteiger charge is 2.10. The lowest BCUT2D eigenvalue weighted by Crippen LogP contribution is -2.17. The zero-order valence-corrected chi connectivity index (χ0v) is 15.0. The Balaban J connectivity index is 1.52. The molecule has 0 unspecified atom stereocenters. The number of hydrogen-bond acceptors (Lipinski definition) is 6. The molecule has 0 saturated carbocycles. The van der Waals surface area contributed by atoms with Crippen LogP contribution in [0.4, 0.5) is 4.39 Å². The van der Waals surface area contributed by atoms with E-state index in [9.17, 15) is 14.0 Å². The maximum absolute atomic E-state index is 12.9. The lowest BCUT2D eigenvalue weighted by Gasteiger charge is -2.05. The molecule has 2 aromatic heterocycles. The molecule has 5 nitrogen and oxygen atoms in total. The van der Waals surface area contributed by atoms with Crippen LogP contribution in [-0.4, -0.2) is 15.5 Å². The predicted octanol–water partition coefficient (Wildman–Crippen LogP) is 3.61. The van der Waals surface area contributed by atoms with Gasteiger partial charge < -0.3 is 9.30 Å². The van der Waals surface area contributed by atoms with Crippen LogP contribution in [0.2, 0.25) is 0 Å². The summed E-state index contributed by atoms with van der Waals surface area (Å²) in [7, 11) is 0. The summed E-state index contributed by atoms with van der Waals surface area (Å²) in [5.41, 5.74) is 2.30. The third kappa shape index (κ3) is 4.40. The van der Waals surface area contributed by atoms with Gasteiger partial charge in [-0.3, -0.25) is 9.59 Å². The molecule has 0 bridgehead atoms. The highest BCUT2D eigenvalue weighted by atomic mass is 32.1. The highest BCUT2D eigenvalue weighted by molar-refractivity contribution is 7.13. The molecule has 0 fully saturated rings. The quantitative estimate of drug-likeness (QED) is 0.615. The number of hydrogen-bond donors (Lipinski definition) is 0. The fourth-order valence-corrected chi connectivity index (χ4v) is 3.77. The lowest BCUT2D eigenvalue weighted by molar-refractivity contribution is -0.145. The van der Waals surface area contributed by atoms with Crippen molar-refractivity contribution >= 4 is 28.6 Å². The minimum Gasteiger partial charge on any atom is -0.459 e. The summed E-state index contributed by atoms with van der Waals surface area (Å²) in [6, 6.07) is 6.07. The average molecular weight is 378 g/mol. The van der Waals surface area contributed by atoms with Gasteiger partial charge in [0.2, 0.25) is 0 Å². The maximum atomic E-state index is 12.9. The molecule has 0 spiro atoms. The number of carbonyl (C=O) groups is 1. The number of nitrogens with zero attached hydrogens (tertiary/aromatic N) is 2. The zero-order chi connectivity index (χ0) is 17.8. The molecule has 0 aliphatic heterocycles. The molecule has 130 valence electrons. The summed E-state index contributed by atoms with van der Waals surface area (Å²) >= 11 is 2.52. The summed E-state index contributed by atoms with van der Waals surface area (Å²) in [5, 5.41) is 4.31. The van der Waals surface area contributed by atoms with E-state index < -0.39 is 0 Å². The molecular formula is C17H15FN2O3S2. The van der Waals surface area contributed by atoms with Gasteiger partial charge in [-0.1, -0.05) is 11.3 Å². The first-order valence-corrected chi connectivity index (χ1v) is 9.30. The Morgan fingerprint density at radius 3 is 2.68 bits per heavy atom. The minimum atomic E-state index is -0.381. The van der Waals surface area contributed by atoms with Crippen LogP contribution in [0.25, 0.3) is 10.6 Å². The van der Waals surface area contributed by atoms with Crippen molar-refractivity contribution in [2.75, 3.05) is 0 Å². The molecule has 0 radical (unpaired) electrons. The van der Waals surface area contributed by atoms with E-state index in [1.807, 2.05) is 6.92 Å². The van der Waals surface area contributed by atoms with Crippen LogP contribution >= 0.6 is 22.7 Å². The molecule has 1 aromatic carbocycles. The maximum Gasteiger partial charge on any atom is 0.307 e. The topological polar surface area (TPSA) is 61.2 Å². The summed E-state index contributed by atoms with van der Waals surface area (Å²) in [6.45, 7) is 2.22. The van der Waals surface area contributed by atoms with E-state index in [0.29, 0.717) is 12.2 Å². The Morgan fingerprint density at radius 1 is 1.24 bits per heavy atom. The van der Waals surface area contributed by atoms with E-state index in [0.717, 1.165) is 27.6 Å². The second kappa shape index (κ2) is 7.71. The molecule has 0 atom stereocenters. The zero-order valence-electron chi connectivity index (χ0n) is 13.4. The molecule has 25 heavy (non-hydrogen) atoms. The highest BCUT2D eigenvalue weighted by Crippen LogP contribution is 2.24. The van der Waals surface area contributed by atoms with Gasteiger partial charge in [0.05, 0.1) is 12.1 Å². The number of esters is 1. The number of carbonyl (C=O) groups excluding carboxylic acids is 1. The minimum absolute atomic E-state index is 0.0752. The van der Waals surface area contributed by atoms with Crippen molar-refractivity contribution in [2.45, 2.75) is 26.5 Å². The van der Waals surface area contributed by atoms with Crippen LogP contribution in [0.15, 0.2) is 39.8 Å². The molecule has 3 aromatic rings. The van der Waals surface area contributed by atoms with Crippen molar-refractivity contribution in [3.63, 3.8) is 0 Å². The molecule has 0 amide bonds. The van der Waals surface area contributed by atoms with E-state index in [-0.39, 0.29) is 29.7 Å². The monoisotopic (exact) mass is 378 g/mol. The third-order valence-corrected chi connectivity index (χ3v) is 5.36. The number of thiazole rings is 2. The van der Waals surface area contributed by atoms with Crippen LogP contribution in [0.1, 0.15) is 17.8 Å². The van der Waals surface area contributed by atoms with Crippen molar-refractivity contribution < 1.29 is 13.9 Å². The molecule has 0 N–H and O–H groups in total. The second-order valence-corrected chi connectivity index (χ2v) is 7.03. The van der Waals surface area contributed by atoms with Crippen molar-refractivity contribution in [1.82, 2.24) is 9.55 Å². The summed E-state index contributed by atoms with van der Waals surface area (Å²) in [5.74, 6) is -0.678. The molecule has 8 heteroatoms. The van der Waals surface area contributed by atoms with E-state index in [2.05, 4.69) is 4.98 Å². The van der Waals surface area contributed by atoms with Crippen molar-refractivity contribution in [3.05, 3.63) is 61.9 Å². The van der Waals surface area contributed by atoms with Gasteiger partial charge in [-0.05, 0) is 31.2 Å². The van der Waals surface area contributed by atoms with Crippen molar-refractivity contribution in [1.29, 1.82) is 0 Å². The number of rotatable bonds is 6. The first-order chi connectivity index (χ1) is 12.0. The van der Waals surface area contributed by atoms with Crippen molar-refractivity contribution in [2.24, 2.45) is 0 Å². The number of aryl methyl sites for hydroxylation is 1. The molecule has 3 rings (SSSR count). The first-order valence-electron chi connectivity index (χ1n) is 7.54. The van der Waals surface area contributed by atoms with E-state index in [1.165, 1.54) is 23.5 Å². The van der Waals surface area contributed by atoms with Gasteiger partial charge in [-0.25, -0.2) is 9.37 Å².